The molecule has 2 nitrogen and oxygen atoms in total. The molecule has 0 aromatic carbocycles. The van der Waals surface area contributed by atoms with Gasteiger partial charge in [0.25, 0.3) is 0 Å². The normalized spacial score (nSPS) is 39.6. The summed E-state index contributed by atoms with van der Waals surface area (Å²) in [5.74, 6) is 1.71. The molecule has 1 aliphatic heterocycles. The summed E-state index contributed by atoms with van der Waals surface area (Å²) in [5, 5.41) is 0. The van der Waals surface area contributed by atoms with Crippen molar-refractivity contribution in [1.82, 2.24) is 0 Å². The average Bonchev–Trinajstić information content (AvgIpc) is 1.77. The zero-order valence-electron chi connectivity index (χ0n) is 5.02. The highest BCUT2D eigenvalue weighted by atomic mass is 32.2. The Hall–Kier alpha value is 0.110. The summed E-state index contributed by atoms with van der Waals surface area (Å²) in [5.41, 5.74) is 0. The lowest BCUT2D eigenvalue weighted by Crippen LogP contribution is -2.22. The second kappa shape index (κ2) is 2.60. The van der Waals surface area contributed by atoms with Crippen molar-refractivity contribution in [2.24, 2.45) is 0 Å². The number of hydrogen-bond donors (Lipinski definition) is 1. The van der Waals surface area contributed by atoms with Crippen molar-refractivity contribution in [3.05, 3.63) is 0 Å². The quantitative estimate of drug-likeness (QED) is 0.528. The van der Waals surface area contributed by atoms with Crippen LogP contribution in [-0.4, -0.2) is 17.8 Å². The molecule has 0 aliphatic carbocycles. The van der Waals surface area contributed by atoms with Crippen LogP contribution >= 0.6 is 0 Å². The van der Waals surface area contributed by atoms with E-state index in [0.717, 1.165) is 12.2 Å². The molecule has 1 fully saturated rings. The zero-order valence-corrected chi connectivity index (χ0v) is 5.83. The lowest BCUT2D eigenvalue weighted by atomic mass is 10.3. The Morgan fingerprint density at radius 3 is 2.88 bits per heavy atom. The van der Waals surface area contributed by atoms with Gasteiger partial charge >= 0.3 is 0 Å². The molecule has 2 atom stereocenters. The summed E-state index contributed by atoms with van der Waals surface area (Å²) in [4.78, 5) is 0. The van der Waals surface area contributed by atoms with Crippen LogP contribution in [0, 0.1) is 4.78 Å². The van der Waals surface area contributed by atoms with Gasteiger partial charge in [-0.2, -0.15) is 0 Å². The van der Waals surface area contributed by atoms with Crippen molar-refractivity contribution in [1.29, 1.82) is 4.78 Å². The molecule has 48 valence electrons. The number of ether oxygens (including phenoxy) is 1. The first-order chi connectivity index (χ1) is 3.79. The smallest absolute Gasteiger partial charge is 0.103 e. The van der Waals surface area contributed by atoms with Crippen molar-refractivity contribution >= 4 is 10.7 Å². The molecule has 0 saturated carbocycles. The van der Waals surface area contributed by atoms with Gasteiger partial charge in [0.2, 0.25) is 0 Å². The van der Waals surface area contributed by atoms with Crippen molar-refractivity contribution in [3.63, 3.8) is 0 Å². The zero-order chi connectivity index (χ0) is 5.98. The van der Waals surface area contributed by atoms with Crippen LogP contribution in [0.3, 0.4) is 0 Å². The van der Waals surface area contributed by atoms with Crippen molar-refractivity contribution in [3.8, 4) is 0 Å². The van der Waals surface area contributed by atoms with Crippen LogP contribution in [0.25, 0.3) is 0 Å². The molecule has 1 heterocycles. The van der Waals surface area contributed by atoms with Gasteiger partial charge in [-0.15, -0.1) is 0 Å². The highest BCUT2D eigenvalue weighted by molar-refractivity contribution is 7.85. The lowest BCUT2D eigenvalue weighted by Gasteiger charge is -2.19. The summed E-state index contributed by atoms with van der Waals surface area (Å²) in [6, 6.07) is 0. The molecular formula is C5H11NOS. The maximum atomic E-state index is 7.26. The first kappa shape index (κ1) is 6.23. The van der Waals surface area contributed by atoms with Gasteiger partial charge in [0.1, 0.15) is 5.94 Å². The van der Waals surface area contributed by atoms with Crippen LogP contribution in [-0.2, 0) is 15.4 Å². The SMILES string of the molecule is CC1CCS(=N)CO1. The van der Waals surface area contributed by atoms with E-state index in [0.29, 0.717) is 12.0 Å². The van der Waals surface area contributed by atoms with E-state index < -0.39 is 0 Å². The minimum atomic E-state index is -0.183. The average molecular weight is 133 g/mol. The highest BCUT2D eigenvalue weighted by Crippen LogP contribution is 2.06. The van der Waals surface area contributed by atoms with E-state index in [1.54, 1.807) is 0 Å². The largest absolute Gasteiger partial charge is 0.367 e. The van der Waals surface area contributed by atoms with Crippen LogP contribution in [0.1, 0.15) is 13.3 Å². The van der Waals surface area contributed by atoms with Gasteiger partial charge in [0.05, 0.1) is 6.10 Å². The van der Waals surface area contributed by atoms with E-state index in [1.807, 2.05) is 0 Å². The van der Waals surface area contributed by atoms with Crippen molar-refractivity contribution < 1.29 is 4.74 Å². The third-order valence-electron chi connectivity index (χ3n) is 1.27. The van der Waals surface area contributed by atoms with Gasteiger partial charge in [-0.1, -0.05) is 10.7 Å². The van der Waals surface area contributed by atoms with Crippen LogP contribution < -0.4 is 0 Å². The van der Waals surface area contributed by atoms with E-state index in [2.05, 4.69) is 6.92 Å². The Kier molecular flexibility index (Phi) is 2.02. The Balaban J connectivity index is 2.29. The van der Waals surface area contributed by atoms with Gasteiger partial charge in [0, 0.05) is 5.75 Å². The van der Waals surface area contributed by atoms with Gasteiger partial charge < -0.3 is 4.74 Å². The number of rotatable bonds is 0. The molecule has 0 amide bonds. The topological polar surface area (TPSA) is 33.1 Å². The summed E-state index contributed by atoms with van der Waals surface area (Å²) >= 11 is 0. The van der Waals surface area contributed by atoms with Crippen LogP contribution in [0.4, 0.5) is 0 Å². The van der Waals surface area contributed by atoms with Crippen LogP contribution in [0.15, 0.2) is 0 Å². The molecule has 0 aromatic heterocycles. The fourth-order valence-corrected chi connectivity index (χ4v) is 1.78. The molecular weight excluding hydrogens is 122 g/mol. The Morgan fingerprint density at radius 2 is 2.50 bits per heavy atom. The van der Waals surface area contributed by atoms with Gasteiger partial charge in [-0.3, -0.25) is 4.78 Å². The molecule has 0 spiro atoms. The van der Waals surface area contributed by atoms with E-state index in [1.165, 1.54) is 0 Å². The molecule has 1 rings (SSSR count). The second-order valence-electron chi connectivity index (χ2n) is 2.08. The highest BCUT2D eigenvalue weighted by Gasteiger charge is 2.09. The Bertz CT molecular complexity index is 94.6. The van der Waals surface area contributed by atoms with Gasteiger partial charge in [0.15, 0.2) is 0 Å². The maximum Gasteiger partial charge on any atom is 0.103 e. The van der Waals surface area contributed by atoms with E-state index in [4.69, 9.17) is 9.52 Å². The predicted octanol–water partition coefficient (Wildman–Crippen LogP) is 1.13. The molecule has 1 aliphatic rings. The summed E-state index contributed by atoms with van der Waals surface area (Å²) in [6.07, 6.45) is 1.48. The van der Waals surface area contributed by atoms with E-state index in [9.17, 15) is 0 Å². The summed E-state index contributed by atoms with van der Waals surface area (Å²) < 4.78 is 12.5. The first-order valence-corrected chi connectivity index (χ1v) is 4.35. The van der Waals surface area contributed by atoms with Crippen LogP contribution in [0.2, 0.25) is 0 Å². The number of nitrogens with one attached hydrogen (secondary N) is 1. The molecule has 2 unspecified atom stereocenters. The lowest BCUT2D eigenvalue weighted by molar-refractivity contribution is 0.0941. The van der Waals surface area contributed by atoms with E-state index in [-0.39, 0.29) is 10.7 Å². The molecule has 8 heavy (non-hydrogen) atoms. The number of hydrogen-bond acceptors (Lipinski definition) is 2. The Labute approximate surface area is 52.1 Å². The third kappa shape index (κ3) is 1.56. The van der Waals surface area contributed by atoms with Crippen molar-refractivity contribution in [2.75, 3.05) is 11.7 Å². The predicted molar refractivity (Wildman–Crippen MR) is 35.0 cm³/mol. The summed E-state index contributed by atoms with van der Waals surface area (Å²) in [6.45, 7) is 2.07. The van der Waals surface area contributed by atoms with Crippen molar-refractivity contribution in [2.45, 2.75) is 19.4 Å². The molecule has 1 saturated heterocycles. The molecule has 3 heteroatoms. The second-order valence-corrected chi connectivity index (χ2v) is 3.71. The van der Waals surface area contributed by atoms with E-state index >= 15 is 0 Å². The molecule has 0 aromatic rings. The molecule has 0 radical (unpaired) electrons. The van der Waals surface area contributed by atoms with Gasteiger partial charge in [-0.05, 0) is 13.3 Å². The summed E-state index contributed by atoms with van der Waals surface area (Å²) in [7, 11) is -0.183. The molecule has 0 bridgehead atoms. The monoisotopic (exact) mass is 133 g/mol. The van der Waals surface area contributed by atoms with Gasteiger partial charge in [-0.25, -0.2) is 0 Å². The Morgan fingerprint density at radius 1 is 1.75 bits per heavy atom. The molecule has 1 N–H and O–H groups in total. The minimum Gasteiger partial charge on any atom is -0.367 e. The minimum absolute atomic E-state index is 0.183. The van der Waals surface area contributed by atoms with Crippen LogP contribution in [0.5, 0.6) is 0 Å². The standard InChI is InChI=1S/C5H11NOS/c1-5-2-3-8(6)4-7-5/h5-6H,2-4H2,1H3. The third-order valence-corrected chi connectivity index (χ3v) is 2.41. The first-order valence-electron chi connectivity index (χ1n) is 2.79. The fourth-order valence-electron chi connectivity index (χ4n) is 0.649. The fraction of sp³-hybridized carbons (Fsp3) is 1.00. The maximum absolute atomic E-state index is 7.26.